The van der Waals surface area contributed by atoms with Crippen molar-refractivity contribution in [2.45, 2.75) is 45.4 Å². The first-order valence-electron chi connectivity index (χ1n) is 15.4. The first-order chi connectivity index (χ1) is 22.6. The third-order valence-corrected chi connectivity index (χ3v) is 7.52. The lowest BCUT2D eigenvalue weighted by atomic mass is 10.2. The minimum atomic E-state index is -0.571. The Kier molecular flexibility index (Phi) is 8.92. The summed E-state index contributed by atoms with van der Waals surface area (Å²) in [7, 11) is 1.64. The molecule has 3 aromatic heterocycles. The molecule has 12 heteroatoms. The number of nitrogens with zero attached hydrogens (tertiary/aromatic N) is 5. The summed E-state index contributed by atoms with van der Waals surface area (Å²) in [4.78, 5) is 36.0. The van der Waals surface area contributed by atoms with Crippen molar-refractivity contribution in [3.63, 3.8) is 0 Å². The number of methoxy groups -OCH3 is 1. The Morgan fingerprint density at radius 3 is 2.40 bits per heavy atom. The van der Waals surface area contributed by atoms with Gasteiger partial charge >= 0.3 is 6.09 Å². The summed E-state index contributed by atoms with van der Waals surface area (Å²) >= 11 is 0. The molecule has 0 aliphatic carbocycles. The van der Waals surface area contributed by atoms with Gasteiger partial charge < -0.3 is 29.7 Å². The average Bonchev–Trinajstić information content (AvgIpc) is 3.67. The van der Waals surface area contributed by atoms with Crippen LogP contribution in [-0.4, -0.2) is 68.5 Å². The highest BCUT2D eigenvalue weighted by Crippen LogP contribution is 2.35. The van der Waals surface area contributed by atoms with E-state index in [-0.39, 0.29) is 18.0 Å². The molecule has 1 fully saturated rings. The van der Waals surface area contributed by atoms with Gasteiger partial charge in [0.25, 0.3) is 5.91 Å². The van der Waals surface area contributed by atoms with Gasteiger partial charge in [-0.15, -0.1) is 0 Å². The van der Waals surface area contributed by atoms with Crippen LogP contribution in [0.5, 0.6) is 17.2 Å². The van der Waals surface area contributed by atoms with Crippen LogP contribution in [0.3, 0.4) is 0 Å². The zero-order valence-electron chi connectivity index (χ0n) is 26.8. The number of carbonyl (C=O) groups is 2. The van der Waals surface area contributed by atoms with Crippen LogP contribution in [-0.2, 0) is 11.3 Å². The predicted octanol–water partition coefficient (Wildman–Crippen LogP) is 6.35. The molecule has 0 bridgehead atoms. The van der Waals surface area contributed by atoms with Crippen molar-refractivity contribution in [1.82, 2.24) is 24.6 Å². The van der Waals surface area contributed by atoms with Crippen LogP contribution in [0.15, 0.2) is 85.2 Å². The van der Waals surface area contributed by atoms with E-state index in [1.165, 1.54) is 0 Å². The summed E-state index contributed by atoms with van der Waals surface area (Å²) in [6.45, 7) is 7.08. The highest BCUT2D eigenvalue weighted by molar-refractivity contribution is 6.03. The number of aromatic nitrogens is 4. The van der Waals surface area contributed by atoms with Crippen molar-refractivity contribution in [2.24, 2.45) is 0 Å². The molecular weight excluding hydrogens is 598 g/mol. The fraction of sp³-hybridized carbons (Fsp3) is 0.286. The zero-order chi connectivity index (χ0) is 33.0. The molecule has 2 amide bonds. The first-order valence-corrected chi connectivity index (χ1v) is 15.4. The fourth-order valence-corrected chi connectivity index (χ4v) is 5.26. The van der Waals surface area contributed by atoms with Gasteiger partial charge in [-0.3, -0.25) is 4.79 Å². The summed E-state index contributed by atoms with van der Waals surface area (Å²) in [5, 5.41) is 12.0. The molecule has 0 spiro atoms. The third kappa shape index (κ3) is 7.60. The van der Waals surface area contributed by atoms with Gasteiger partial charge in [0, 0.05) is 43.2 Å². The molecule has 1 aliphatic rings. The van der Waals surface area contributed by atoms with Gasteiger partial charge in [-0.05, 0) is 81.3 Å². The molecule has 2 N–H and O–H groups in total. The van der Waals surface area contributed by atoms with E-state index in [1.54, 1.807) is 72.9 Å². The molecule has 242 valence electrons. The number of benzene rings is 2. The quantitative estimate of drug-likeness (QED) is 0.190. The lowest BCUT2D eigenvalue weighted by Gasteiger charge is -2.24. The maximum absolute atomic E-state index is 12.7. The van der Waals surface area contributed by atoms with Crippen LogP contribution >= 0.6 is 0 Å². The van der Waals surface area contributed by atoms with Gasteiger partial charge in [0.05, 0.1) is 13.7 Å². The number of likely N-dealkylation sites (tertiary alicyclic amines) is 1. The first kappa shape index (κ1) is 31.3. The topological polar surface area (TPSA) is 133 Å². The molecule has 1 saturated heterocycles. The van der Waals surface area contributed by atoms with Gasteiger partial charge in [-0.1, -0.05) is 18.2 Å². The lowest BCUT2D eigenvalue weighted by molar-refractivity contribution is 0.0293. The van der Waals surface area contributed by atoms with E-state index >= 15 is 0 Å². The van der Waals surface area contributed by atoms with Crippen molar-refractivity contribution < 1.29 is 23.8 Å². The van der Waals surface area contributed by atoms with Crippen LogP contribution in [0.4, 0.5) is 16.4 Å². The Bertz CT molecular complexity index is 1850. The molecule has 4 heterocycles. The standard InChI is InChI=1S/C35H37N7O5/c1-35(2,3)47-34(44)41-20-17-25(22-41)38-31-30-28(16-19-37-32(30)42(40-31)21-23-8-12-26(45-4)13-9-23)46-27-14-10-24(11-15-27)33(43)39-29-7-5-6-18-36-29/h5-16,18-19,25H,17,20-22H2,1-4H3,(H,38,40)(H,36,39,43). The normalized spacial score (nSPS) is 14.6. The van der Waals surface area contributed by atoms with E-state index in [1.807, 2.05) is 49.7 Å². The molecule has 6 rings (SSSR count). The Hall–Kier alpha value is -5.65. The van der Waals surface area contributed by atoms with Crippen LogP contribution in [0.25, 0.3) is 11.0 Å². The molecule has 0 saturated carbocycles. The average molecular weight is 636 g/mol. The van der Waals surface area contributed by atoms with Gasteiger partial charge in [0.2, 0.25) is 0 Å². The van der Waals surface area contributed by atoms with Gasteiger partial charge in [0.15, 0.2) is 11.5 Å². The summed E-state index contributed by atoms with van der Waals surface area (Å²) < 4.78 is 19.1. The molecule has 12 nitrogen and oxygen atoms in total. The van der Waals surface area contributed by atoms with E-state index < -0.39 is 5.60 Å². The number of hydrogen-bond acceptors (Lipinski definition) is 9. The smallest absolute Gasteiger partial charge is 0.410 e. The van der Waals surface area contributed by atoms with E-state index in [0.717, 1.165) is 17.7 Å². The van der Waals surface area contributed by atoms with Gasteiger partial charge in [0.1, 0.15) is 34.1 Å². The summed E-state index contributed by atoms with van der Waals surface area (Å²) in [5.41, 5.74) is 1.55. The maximum Gasteiger partial charge on any atom is 0.410 e. The predicted molar refractivity (Wildman–Crippen MR) is 178 cm³/mol. The van der Waals surface area contributed by atoms with E-state index in [4.69, 9.17) is 19.3 Å². The second kappa shape index (κ2) is 13.4. The number of fused-ring (bicyclic) bond motifs is 1. The number of pyridine rings is 2. The number of rotatable bonds is 9. The number of carbonyl (C=O) groups excluding carboxylic acids is 2. The number of ether oxygens (including phenoxy) is 3. The Balaban J connectivity index is 1.26. The Morgan fingerprint density at radius 1 is 0.936 bits per heavy atom. The Labute approximate surface area is 272 Å². The van der Waals surface area contributed by atoms with Gasteiger partial charge in [-0.2, -0.15) is 5.10 Å². The minimum Gasteiger partial charge on any atom is -0.497 e. The van der Waals surface area contributed by atoms with Crippen LogP contribution in [0.1, 0.15) is 43.1 Å². The second-order valence-electron chi connectivity index (χ2n) is 12.2. The number of amides is 2. The van der Waals surface area contributed by atoms with Crippen LogP contribution in [0, 0.1) is 0 Å². The summed E-state index contributed by atoms with van der Waals surface area (Å²) in [6, 6.07) is 21.7. The molecular formula is C35H37N7O5. The largest absolute Gasteiger partial charge is 0.497 e. The minimum absolute atomic E-state index is 0.0555. The van der Waals surface area contributed by atoms with E-state index in [2.05, 4.69) is 20.6 Å². The van der Waals surface area contributed by atoms with E-state index in [9.17, 15) is 9.59 Å². The van der Waals surface area contributed by atoms with Crippen molar-refractivity contribution in [2.75, 3.05) is 30.8 Å². The molecule has 5 aromatic rings. The van der Waals surface area contributed by atoms with Crippen molar-refractivity contribution >= 4 is 34.7 Å². The molecule has 0 radical (unpaired) electrons. The zero-order valence-corrected chi connectivity index (χ0v) is 26.8. The monoisotopic (exact) mass is 635 g/mol. The van der Waals surface area contributed by atoms with Crippen molar-refractivity contribution in [1.29, 1.82) is 0 Å². The second-order valence-corrected chi connectivity index (χ2v) is 12.2. The Morgan fingerprint density at radius 2 is 1.70 bits per heavy atom. The number of nitrogens with one attached hydrogen (secondary N) is 2. The number of anilines is 2. The summed E-state index contributed by atoms with van der Waals surface area (Å²) in [6.07, 6.45) is 3.69. The highest BCUT2D eigenvalue weighted by atomic mass is 16.6. The molecule has 47 heavy (non-hydrogen) atoms. The van der Waals surface area contributed by atoms with Crippen molar-refractivity contribution in [3.05, 3.63) is 96.3 Å². The van der Waals surface area contributed by atoms with Crippen LogP contribution in [0.2, 0.25) is 0 Å². The molecule has 1 aliphatic heterocycles. The maximum atomic E-state index is 12.7. The fourth-order valence-electron chi connectivity index (χ4n) is 5.26. The summed E-state index contributed by atoms with van der Waals surface area (Å²) in [5.74, 6) is 2.65. The number of hydrogen-bond donors (Lipinski definition) is 2. The SMILES string of the molecule is COc1ccc(Cn2nc(NC3CCN(C(=O)OC(C)(C)C)C3)c3c(Oc4ccc(C(=O)Nc5ccccn5)cc4)ccnc32)cc1. The highest BCUT2D eigenvalue weighted by Gasteiger charge is 2.31. The molecule has 1 atom stereocenters. The molecule has 2 aromatic carbocycles. The lowest BCUT2D eigenvalue weighted by Crippen LogP contribution is -2.36. The van der Waals surface area contributed by atoms with Gasteiger partial charge in [-0.25, -0.2) is 19.4 Å². The third-order valence-electron chi connectivity index (χ3n) is 7.52. The van der Waals surface area contributed by atoms with Crippen molar-refractivity contribution in [3.8, 4) is 17.2 Å². The van der Waals surface area contributed by atoms with Crippen LogP contribution < -0.4 is 20.1 Å². The molecule has 1 unspecified atom stereocenters. The van der Waals surface area contributed by atoms with E-state index in [0.29, 0.717) is 59.4 Å².